The Morgan fingerprint density at radius 2 is 1.43 bits per heavy atom. The lowest BCUT2D eigenvalue weighted by atomic mass is 9.88. The largest absolute Gasteiger partial charge is 0.490 e. The molecule has 8 nitrogen and oxygen atoms in total. The Bertz CT molecular complexity index is 1030. The van der Waals surface area contributed by atoms with Crippen LogP contribution in [0.15, 0.2) is 30.3 Å². The van der Waals surface area contributed by atoms with E-state index in [4.69, 9.17) is 23.7 Å². The first-order chi connectivity index (χ1) is 17.0. The number of nitrogens with zero attached hydrogens (tertiary/aromatic N) is 1. The molecule has 2 aromatic carbocycles. The third kappa shape index (κ3) is 5.47. The van der Waals surface area contributed by atoms with Gasteiger partial charge in [0, 0.05) is 30.1 Å². The smallest absolute Gasteiger partial charge is 0.254 e. The fraction of sp³-hybridized carbons (Fsp3) is 0.481. The molecule has 1 saturated heterocycles. The Hall–Kier alpha value is -3.42. The van der Waals surface area contributed by atoms with Gasteiger partial charge in [0.1, 0.15) is 13.2 Å². The second kappa shape index (κ2) is 11.3. The number of amides is 1. The van der Waals surface area contributed by atoms with Gasteiger partial charge in [0.05, 0.1) is 19.8 Å². The van der Waals surface area contributed by atoms with E-state index in [1.165, 1.54) is 0 Å². The normalized spacial score (nSPS) is 15.5. The molecular formula is C27H33NO7. The van der Waals surface area contributed by atoms with Crippen molar-refractivity contribution in [3.05, 3.63) is 41.5 Å². The van der Waals surface area contributed by atoms with Gasteiger partial charge in [0.25, 0.3) is 5.91 Å². The number of piperidine rings is 1. The molecule has 8 heteroatoms. The van der Waals surface area contributed by atoms with Crippen molar-refractivity contribution in [3.63, 3.8) is 0 Å². The highest BCUT2D eigenvalue weighted by atomic mass is 16.6. The summed E-state index contributed by atoms with van der Waals surface area (Å²) in [5, 5.41) is 0. The van der Waals surface area contributed by atoms with Crippen molar-refractivity contribution in [2.75, 3.05) is 46.1 Å². The molecule has 1 fully saturated rings. The van der Waals surface area contributed by atoms with Gasteiger partial charge in [-0.1, -0.05) is 0 Å². The molecule has 35 heavy (non-hydrogen) atoms. The monoisotopic (exact) mass is 483 g/mol. The molecule has 0 spiro atoms. The van der Waals surface area contributed by atoms with Crippen LogP contribution in [-0.4, -0.2) is 62.7 Å². The summed E-state index contributed by atoms with van der Waals surface area (Å²) in [5.41, 5.74) is 1.10. The van der Waals surface area contributed by atoms with Gasteiger partial charge in [0.2, 0.25) is 5.75 Å². The van der Waals surface area contributed by atoms with Crippen LogP contribution in [0.2, 0.25) is 0 Å². The lowest BCUT2D eigenvalue weighted by Gasteiger charge is -2.32. The first kappa shape index (κ1) is 24.7. The summed E-state index contributed by atoms with van der Waals surface area (Å²) in [4.78, 5) is 28.3. The number of ether oxygens (including phenoxy) is 5. The molecule has 0 radical (unpaired) electrons. The van der Waals surface area contributed by atoms with Gasteiger partial charge in [0.15, 0.2) is 28.8 Å². The number of carbonyl (C=O) groups is 2. The van der Waals surface area contributed by atoms with Gasteiger partial charge in [-0.3, -0.25) is 9.59 Å². The van der Waals surface area contributed by atoms with E-state index in [9.17, 15) is 9.59 Å². The summed E-state index contributed by atoms with van der Waals surface area (Å²) in [6.45, 7) is 8.99. The number of hydrogen-bond acceptors (Lipinski definition) is 7. The van der Waals surface area contributed by atoms with Crippen LogP contribution in [0.3, 0.4) is 0 Å². The van der Waals surface area contributed by atoms with Crippen molar-refractivity contribution in [1.82, 2.24) is 4.90 Å². The van der Waals surface area contributed by atoms with Crippen LogP contribution in [-0.2, 0) is 0 Å². The summed E-state index contributed by atoms with van der Waals surface area (Å²) in [6, 6.07) is 8.77. The summed E-state index contributed by atoms with van der Waals surface area (Å²) in [6.07, 6.45) is 1.21. The van der Waals surface area contributed by atoms with Crippen LogP contribution in [0, 0.1) is 5.92 Å². The van der Waals surface area contributed by atoms with E-state index < -0.39 is 0 Å². The van der Waals surface area contributed by atoms with Crippen LogP contribution < -0.4 is 23.7 Å². The number of carbonyl (C=O) groups excluding carboxylic acids is 2. The molecule has 0 unspecified atom stereocenters. The maximum Gasteiger partial charge on any atom is 0.254 e. The van der Waals surface area contributed by atoms with E-state index in [0.717, 1.165) is 0 Å². The minimum atomic E-state index is -0.139. The minimum Gasteiger partial charge on any atom is -0.490 e. The summed E-state index contributed by atoms with van der Waals surface area (Å²) >= 11 is 0. The molecular weight excluding hydrogens is 450 g/mol. The summed E-state index contributed by atoms with van der Waals surface area (Å²) in [7, 11) is 0. The number of rotatable bonds is 9. The highest BCUT2D eigenvalue weighted by molar-refractivity contribution is 5.99. The Kier molecular flexibility index (Phi) is 8.00. The fourth-order valence-electron chi connectivity index (χ4n) is 4.47. The molecule has 188 valence electrons. The average Bonchev–Trinajstić information content (AvgIpc) is 2.89. The molecule has 4 rings (SSSR count). The van der Waals surface area contributed by atoms with Gasteiger partial charge < -0.3 is 28.6 Å². The maximum absolute atomic E-state index is 13.3. The molecule has 2 aliphatic rings. The maximum atomic E-state index is 13.3. The predicted octanol–water partition coefficient (Wildman–Crippen LogP) is 4.39. The molecule has 2 aliphatic heterocycles. The molecule has 2 aromatic rings. The van der Waals surface area contributed by atoms with Crippen molar-refractivity contribution < 1.29 is 33.3 Å². The lowest BCUT2D eigenvalue weighted by molar-refractivity contribution is 0.0649. The number of Topliss-reactive ketones (excluding diaryl/α,β-unsaturated/α-hetero) is 1. The van der Waals surface area contributed by atoms with Crippen LogP contribution in [0.1, 0.15) is 54.3 Å². The van der Waals surface area contributed by atoms with Crippen molar-refractivity contribution in [2.45, 2.75) is 33.6 Å². The summed E-state index contributed by atoms with van der Waals surface area (Å²) in [5.74, 6) is 2.60. The average molecular weight is 484 g/mol. The standard InChI is InChI=1S/C27H33NO7/c1-4-31-23-16-20(17-24(32-5-2)26(23)33-6-3)27(30)28-11-9-18(10-12-28)25(29)19-7-8-21-22(15-19)35-14-13-34-21/h7-8,15-18H,4-6,9-14H2,1-3H3. The molecule has 0 saturated carbocycles. The Morgan fingerprint density at radius 3 is 2.03 bits per heavy atom. The van der Waals surface area contributed by atoms with Crippen molar-refractivity contribution in [1.29, 1.82) is 0 Å². The van der Waals surface area contributed by atoms with E-state index in [-0.39, 0.29) is 17.6 Å². The van der Waals surface area contributed by atoms with Crippen LogP contribution in [0.4, 0.5) is 0 Å². The van der Waals surface area contributed by atoms with Crippen molar-refractivity contribution >= 4 is 11.7 Å². The van der Waals surface area contributed by atoms with Gasteiger partial charge >= 0.3 is 0 Å². The second-order valence-electron chi connectivity index (χ2n) is 8.39. The van der Waals surface area contributed by atoms with Crippen molar-refractivity contribution in [2.24, 2.45) is 5.92 Å². The SMILES string of the molecule is CCOc1cc(C(=O)N2CCC(C(=O)c3ccc4c(c3)OCCO4)CC2)cc(OCC)c1OCC. The number of benzene rings is 2. The van der Waals surface area contributed by atoms with E-state index in [1.807, 2.05) is 20.8 Å². The first-order valence-electron chi connectivity index (χ1n) is 12.3. The zero-order chi connectivity index (χ0) is 24.8. The highest BCUT2D eigenvalue weighted by Gasteiger charge is 2.30. The molecule has 0 atom stereocenters. The number of likely N-dealkylation sites (tertiary alicyclic amines) is 1. The molecule has 0 bridgehead atoms. The van der Waals surface area contributed by atoms with E-state index in [2.05, 4.69) is 0 Å². The molecule has 0 aliphatic carbocycles. The third-order valence-corrected chi connectivity index (χ3v) is 6.14. The number of hydrogen-bond donors (Lipinski definition) is 0. The van der Waals surface area contributed by atoms with Gasteiger partial charge in [-0.2, -0.15) is 0 Å². The molecule has 1 amide bonds. The molecule has 0 N–H and O–H groups in total. The number of ketones is 1. The topological polar surface area (TPSA) is 83.5 Å². The Balaban J connectivity index is 1.45. The van der Waals surface area contributed by atoms with Crippen molar-refractivity contribution in [3.8, 4) is 28.7 Å². The van der Waals surface area contributed by atoms with Gasteiger partial charge in [-0.15, -0.1) is 0 Å². The third-order valence-electron chi connectivity index (χ3n) is 6.14. The van der Waals surface area contributed by atoms with E-state index in [0.29, 0.717) is 98.8 Å². The highest BCUT2D eigenvalue weighted by Crippen LogP contribution is 2.40. The van der Waals surface area contributed by atoms with E-state index >= 15 is 0 Å². The molecule has 2 heterocycles. The zero-order valence-electron chi connectivity index (χ0n) is 20.6. The van der Waals surface area contributed by atoms with Gasteiger partial charge in [-0.25, -0.2) is 0 Å². The quantitative estimate of drug-likeness (QED) is 0.489. The Labute approximate surface area is 206 Å². The minimum absolute atomic E-state index is 0.0763. The summed E-state index contributed by atoms with van der Waals surface area (Å²) < 4.78 is 28.4. The lowest BCUT2D eigenvalue weighted by Crippen LogP contribution is -2.40. The second-order valence-corrected chi connectivity index (χ2v) is 8.39. The van der Waals surface area contributed by atoms with Gasteiger partial charge in [-0.05, 0) is 63.9 Å². The number of fused-ring (bicyclic) bond motifs is 1. The van der Waals surface area contributed by atoms with E-state index in [1.54, 1.807) is 35.2 Å². The fourth-order valence-corrected chi connectivity index (χ4v) is 4.47. The van der Waals surface area contributed by atoms with Crippen LogP contribution in [0.25, 0.3) is 0 Å². The first-order valence-corrected chi connectivity index (χ1v) is 12.3. The van der Waals surface area contributed by atoms with Crippen LogP contribution in [0.5, 0.6) is 28.7 Å². The zero-order valence-corrected chi connectivity index (χ0v) is 20.6. The Morgan fingerprint density at radius 1 is 0.829 bits per heavy atom. The van der Waals surface area contributed by atoms with Crippen LogP contribution >= 0.6 is 0 Å². The molecule has 0 aromatic heterocycles. The predicted molar refractivity (Wildman–Crippen MR) is 130 cm³/mol.